The number of carbonyl (C=O) groups is 5. The fourth-order valence-corrected chi connectivity index (χ4v) is 4.36. The van der Waals surface area contributed by atoms with Gasteiger partial charge in [0.25, 0.3) is 0 Å². The van der Waals surface area contributed by atoms with Gasteiger partial charge in [0.15, 0.2) is 11.0 Å². The number of thiazole rings is 1. The molecule has 2 aromatic rings. The standard InChI is InChI=1S/C23H32N8O5S/c1-12(28-21(36)16(29-13(2)32)9-10-18(24)33)20(35)30-15(7-5-11-27-23(25)26)19(34)22-31-14-6-3-4-8-17(14)37-22/h3-4,6,8,12,15-16H,5,7,9-11H2,1-2H3,(H2,24,33)(H,28,36)(H,29,32)(H,30,35)(H4,25,26,27)/t12-,15-,16-/m0/s1. The average Bonchev–Trinajstić information content (AvgIpc) is 3.26. The number of carbonyl (C=O) groups excluding carboxylic acids is 5. The summed E-state index contributed by atoms with van der Waals surface area (Å²) in [7, 11) is 0. The fraction of sp³-hybridized carbons (Fsp3) is 0.435. The van der Waals surface area contributed by atoms with Gasteiger partial charge in [-0.25, -0.2) is 4.98 Å². The molecule has 37 heavy (non-hydrogen) atoms. The maximum Gasteiger partial charge on any atom is 0.243 e. The minimum Gasteiger partial charge on any atom is -0.370 e. The van der Waals surface area contributed by atoms with Gasteiger partial charge in [-0.1, -0.05) is 12.1 Å². The third-order valence-corrected chi connectivity index (χ3v) is 6.30. The molecule has 2 rings (SSSR count). The first-order valence-corrected chi connectivity index (χ1v) is 12.4. The highest BCUT2D eigenvalue weighted by Gasteiger charge is 2.29. The summed E-state index contributed by atoms with van der Waals surface area (Å²) in [5, 5.41) is 17.7. The van der Waals surface area contributed by atoms with Crippen LogP contribution in [0.5, 0.6) is 0 Å². The molecule has 0 saturated carbocycles. The number of rotatable bonds is 14. The third-order valence-electron chi connectivity index (χ3n) is 5.25. The molecule has 1 aromatic heterocycles. The Morgan fingerprint density at radius 2 is 1.70 bits per heavy atom. The van der Waals surface area contributed by atoms with Crippen molar-refractivity contribution in [2.45, 2.75) is 57.7 Å². The van der Waals surface area contributed by atoms with Crippen LogP contribution in [0.4, 0.5) is 0 Å². The molecular weight excluding hydrogens is 500 g/mol. The van der Waals surface area contributed by atoms with Crippen molar-refractivity contribution >= 4 is 56.9 Å². The van der Waals surface area contributed by atoms with E-state index in [4.69, 9.17) is 16.9 Å². The molecule has 3 atom stereocenters. The largest absolute Gasteiger partial charge is 0.370 e. The Kier molecular flexibility index (Phi) is 10.9. The zero-order chi connectivity index (χ0) is 27.5. The lowest BCUT2D eigenvalue weighted by atomic mass is 10.1. The molecule has 0 aliphatic carbocycles. The monoisotopic (exact) mass is 532 g/mol. The van der Waals surface area contributed by atoms with Crippen LogP contribution in [0.3, 0.4) is 0 Å². The van der Waals surface area contributed by atoms with E-state index in [1.807, 2.05) is 18.2 Å². The molecule has 14 heteroatoms. The number of hydrogen-bond acceptors (Lipinski definition) is 8. The first-order valence-electron chi connectivity index (χ1n) is 11.6. The van der Waals surface area contributed by atoms with Gasteiger partial charge in [-0.2, -0.15) is 0 Å². The van der Waals surface area contributed by atoms with Gasteiger partial charge < -0.3 is 32.7 Å². The van der Waals surface area contributed by atoms with Crippen molar-refractivity contribution in [3.05, 3.63) is 29.3 Å². The second-order valence-corrected chi connectivity index (χ2v) is 9.41. The Morgan fingerprint density at radius 3 is 2.32 bits per heavy atom. The van der Waals surface area contributed by atoms with Crippen molar-refractivity contribution in [2.75, 3.05) is 6.54 Å². The van der Waals surface area contributed by atoms with E-state index in [1.54, 1.807) is 6.07 Å². The van der Waals surface area contributed by atoms with Crippen LogP contribution in [0.15, 0.2) is 24.3 Å². The Morgan fingerprint density at radius 1 is 1.00 bits per heavy atom. The van der Waals surface area contributed by atoms with E-state index in [0.29, 0.717) is 18.5 Å². The van der Waals surface area contributed by atoms with Crippen LogP contribution in [0, 0.1) is 5.41 Å². The van der Waals surface area contributed by atoms with Gasteiger partial charge in [-0.3, -0.25) is 29.4 Å². The molecule has 200 valence electrons. The number of benzene rings is 1. The number of nitrogens with one attached hydrogen (secondary N) is 5. The van der Waals surface area contributed by atoms with Crippen molar-refractivity contribution in [3.63, 3.8) is 0 Å². The third kappa shape index (κ3) is 9.48. The fourth-order valence-electron chi connectivity index (χ4n) is 3.40. The van der Waals surface area contributed by atoms with E-state index in [1.165, 1.54) is 25.2 Å². The summed E-state index contributed by atoms with van der Waals surface area (Å²) in [6, 6.07) is 4.22. The van der Waals surface area contributed by atoms with E-state index in [2.05, 4.69) is 26.3 Å². The molecule has 0 aliphatic heterocycles. The SMILES string of the molecule is CC(=O)N[C@@H](CCC(N)=O)C(=O)N[C@@H](C)C(=O)N[C@@H](CCCNC(=N)N)C(=O)c1nc2ccccc2s1. The molecule has 13 nitrogen and oxygen atoms in total. The summed E-state index contributed by atoms with van der Waals surface area (Å²) in [4.78, 5) is 65.8. The molecule has 0 fully saturated rings. The minimum atomic E-state index is -1.06. The van der Waals surface area contributed by atoms with E-state index < -0.39 is 41.8 Å². The molecule has 0 bridgehead atoms. The lowest BCUT2D eigenvalue weighted by molar-refractivity contribution is -0.132. The highest BCUT2D eigenvalue weighted by atomic mass is 32.1. The van der Waals surface area contributed by atoms with Crippen LogP contribution in [0.2, 0.25) is 0 Å². The predicted molar refractivity (Wildman–Crippen MR) is 139 cm³/mol. The van der Waals surface area contributed by atoms with Crippen molar-refractivity contribution < 1.29 is 24.0 Å². The number of primary amides is 1. The summed E-state index contributed by atoms with van der Waals surface area (Å²) < 4.78 is 0.828. The van der Waals surface area contributed by atoms with Gasteiger partial charge >= 0.3 is 0 Å². The molecule has 0 spiro atoms. The summed E-state index contributed by atoms with van der Waals surface area (Å²) in [6.07, 6.45) is 0.483. The molecule has 0 unspecified atom stereocenters. The van der Waals surface area contributed by atoms with E-state index >= 15 is 0 Å². The van der Waals surface area contributed by atoms with Crippen LogP contribution in [0.1, 0.15) is 49.3 Å². The first kappa shape index (κ1) is 29.2. The van der Waals surface area contributed by atoms with Crippen LogP contribution < -0.4 is 32.7 Å². The van der Waals surface area contributed by atoms with Gasteiger partial charge in [-0.15, -0.1) is 11.3 Å². The van der Waals surface area contributed by atoms with Crippen LogP contribution in [0.25, 0.3) is 10.2 Å². The number of ketones is 1. The van der Waals surface area contributed by atoms with Crippen molar-refractivity contribution in [1.82, 2.24) is 26.3 Å². The van der Waals surface area contributed by atoms with Gasteiger partial charge in [0.1, 0.15) is 12.1 Å². The summed E-state index contributed by atoms with van der Waals surface area (Å²) in [5.74, 6) is -3.00. The summed E-state index contributed by atoms with van der Waals surface area (Å²) in [6.45, 7) is 2.97. The summed E-state index contributed by atoms with van der Waals surface area (Å²) >= 11 is 1.21. The molecule has 4 amide bonds. The zero-order valence-electron chi connectivity index (χ0n) is 20.6. The van der Waals surface area contributed by atoms with Crippen molar-refractivity contribution in [3.8, 4) is 0 Å². The number of para-hydroxylation sites is 1. The highest BCUT2D eigenvalue weighted by molar-refractivity contribution is 7.20. The Bertz CT molecular complexity index is 1130. The number of amides is 4. The number of guanidine groups is 1. The van der Waals surface area contributed by atoms with Gasteiger partial charge in [0.05, 0.1) is 16.3 Å². The highest BCUT2D eigenvalue weighted by Crippen LogP contribution is 2.23. The molecule has 0 aliphatic rings. The molecule has 1 aromatic carbocycles. The number of nitrogens with zero attached hydrogens (tertiary/aromatic N) is 1. The molecular formula is C23H32N8O5S. The van der Waals surface area contributed by atoms with Crippen LogP contribution >= 0.6 is 11.3 Å². The van der Waals surface area contributed by atoms with Gasteiger partial charge in [0, 0.05) is 19.9 Å². The second-order valence-electron chi connectivity index (χ2n) is 8.38. The van der Waals surface area contributed by atoms with Crippen LogP contribution in [-0.2, 0) is 19.2 Å². The Labute approximate surface area is 217 Å². The summed E-state index contributed by atoms with van der Waals surface area (Å²) in [5.41, 5.74) is 11.1. The second kappa shape index (κ2) is 13.9. The Balaban J connectivity index is 2.11. The minimum absolute atomic E-state index is 0.0308. The molecule has 0 saturated heterocycles. The van der Waals surface area contributed by atoms with E-state index in [9.17, 15) is 24.0 Å². The lowest BCUT2D eigenvalue weighted by Gasteiger charge is -2.22. The van der Waals surface area contributed by atoms with Crippen molar-refractivity contribution in [2.24, 2.45) is 11.5 Å². The number of nitrogens with two attached hydrogens (primary N) is 2. The number of fused-ring (bicyclic) bond motifs is 1. The molecule has 1 heterocycles. The van der Waals surface area contributed by atoms with E-state index in [0.717, 1.165) is 4.70 Å². The quantitative estimate of drug-likeness (QED) is 0.0725. The number of Topliss-reactive ketones (excluding diaryl/α,β-unsaturated/α-hetero) is 1. The molecule has 0 radical (unpaired) electrons. The van der Waals surface area contributed by atoms with Gasteiger partial charge in [0.2, 0.25) is 29.4 Å². The number of hydrogen-bond donors (Lipinski definition) is 7. The van der Waals surface area contributed by atoms with E-state index in [-0.39, 0.29) is 36.0 Å². The average molecular weight is 533 g/mol. The Hall–Kier alpha value is -4.07. The predicted octanol–water partition coefficient (Wildman–Crippen LogP) is -0.498. The lowest BCUT2D eigenvalue weighted by Crippen LogP contribution is -2.54. The topological polar surface area (TPSA) is 222 Å². The van der Waals surface area contributed by atoms with Gasteiger partial charge in [-0.05, 0) is 38.3 Å². The normalized spacial score (nSPS) is 13.1. The molecule has 9 N–H and O–H groups in total. The number of aromatic nitrogens is 1. The van der Waals surface area contributed by atoms with Crippen molar-refractivity contribution in [1.29, 1.82) is 5.41 Å². The zero-order valence-corrected chi connectivity index (χ0v) is 21.4. The first-order chi connectivity index (χ1) is 17.5. The maximum absolute atomic E-state index is 13.3. The van der Waals surface area contributed by atoms with Crippen LogP contribution in [-0.4, -0.2) is 65.0 Å². The maximum atomic E-state index is 13.3. The smallest absolute Gasteiger partial charge is 0.243 e.